The summed E-state index contributed by atoms with van der Waals surface area (Å²) < 4.78 is 29.4. The first-order valence-corrected chi connectivity index (χ1v) is 9.54. The number of nitrogens with zero attached hydrogens (tertiary/aromatic N) is 1. The van der Waals surface area contributed by atoms with Gasteiger partial charge in [0.05, 0.1) is 0 Å². The molecule has 0 aliphatic heterocycles. The molecule has 2 rings (SSSR count). The lowest BCUT2D eigenvalue weighted by Gasteiger charge is -2.10. The van der Waals surface area contributed by atoms with E-state index < -0.39 is 10.0 Å². The number of sulfonamides is 1. The molecule has 0 spiro atoms. The van der Waals surface area contributed by atoms with Crippen LogP contribution >= 0.6 is 54.5 Å². The maximum absolute atomic E-state index is 12.4. The Labute approximate surface area is 147 Å². The van der Waals surface area contributed by atoms with E-state index in [4.69, 9.17) is 0 Å². The van der Waals surface area contributed by atoms with Crippen LogP contribution in [-0.4, -0.2) is 13.4 Å². The molecule has 0 unspecified atom stereocenters. The molecule has 1 aromatic carbocycles. The van der Waals surface area contributed by atoms with Crippen LogP contribution in [0.3, 0.4) is 0 Å². The minimum absolute atomic E-state index is 0.162. The fraction of sp³-hybridized carbons (Fsp3) is 0.0833. The Kier molecular flexibility index (Phi) is 5.09. The summed E-state index contributed by atoms with van der Waals surface area (Å²) in [5, 5.41) is 0. The topological polar surface area (TPSA) is 59.1 Å². The van der Waals surface area contributed by atoms with Gasteiger partial charge in [-0.2, -0.15) is 0 Å². The van der Waals surface area contributed by atoms with Crippen molar-refractivity contribution in [2.75, 3.05) is 4.72 Å². The van der Waals surface area contributed by atoms with Crippen molar-refractivity contribution in [1.29, 1.82) is 0 Å². The number of hydrogen-bond donors (Lipinski definition) is 1. The first kappa shape index (κ1) is 16.2. The normalized spacial score (nSPS) is 11.4. The molecule has 20 heavy (non-hydrogen) atoms. The summed E-state index contributed by atoms with van der Waals surface area (Å²) in [5.41, 5.74) is 0.947. The lowest BCUT2D eigenvalue weighted by molar-refractivity contribution is 0.600. The third-order valence-electron chi connectivity index (χ3n) is 2.47. The van der Waals surface area contributed by atoms with Crippen LogP contribution in [-0.2, 0) is 10.0 Å². The van der Waals surface area contributed by atoms with Crippen molar-refractivity contribution in [2.24, 2.45) is 0 Å². The van der Waals surface area contributed by atoms with Crippen molar-refractivity contribution in [3.8, 4) is 0 Å². The first-order valence-electron chi connectivity index (χ1n) is 5.39. The highest BCUT2D eigenvalue weighted by Gasteiger charge is 2.19. The van der Waals surface area contributed by atoms with E-state index in [0.717, 1.165) is 13.6 Å². The minimum Gasteiger partial charge on any atom is -0.263 e. The third-order valence-corrected chi connectivity index (χ3v) is 6.27. The number of pyridine rings is 1. The van der Waals surface area contributed by atoms with Crippen molar-refractivity contribution in [2.45, 2.75) is 11.8 Å². The lowest BCUT2D eigenvalue weighted by atomic mass is 10.2. The first-order chi connectivity index (χ1) is 9.29. The van der Waals surface area contributed by atoms with Crippen molar-refractivity contribution < 1.29 is 8.42 Å². The molecule has 0 saturated heterocycles. The Morgan fingerprint density at radius 2 is 1.90 bits per heavy atom. The van der Waals surface area contributed by atoms with Gasteiger partial charge in [0.25, 0.3) is 10.0 Å². The van der Waals surface area contributed by atoms with Gasteiger partial charge in [0.1, 0.15) is 10.7 Å². The van der Waals surface area contributed by atoms with Crippen LogP contribution < -0.4 is 4.72 Å². The second-order valence-corrected chi connectivity index (χ2v) is 8.60. The predicted octanol–water partition coefficient (Wildman–Crippen LogP) is 4.32. The van der Waals surface area contributed by atoms with E-state index >= 15 is 0 Å². The highest BCUT2D eigenvalue weighted by Crippen LogP contribution is 2.29. The minimum atomic E-state index is -3.69. The monoisotopic (exact) mass is 530 g/mol. The summed E-state index contributed by atoms with van der Waals surface area (Å²) >= 11 is 8.72. The molecule has 1 N–H and O–H groups in total. The molecular weight excluding hydrogens is 523 g/mol. The maximum Gasteiger partial charge on any atom is 0.264 e. The second-order valence-electron chi connectivity index (χ2n) is 4.00. The van der Waals surface area contributed by atoms with Gasteiger partial charge in [-0.05, 0) is 75.3 Å². The Bertz CT molecular complexity index is 749. The number of aryl methyl sites for hydroxylation is 1. The van der Waals surface area contributed by atoms with E-state index in [9.17, 15) is 8.42 Å². The van der Waals surface area contributed by atoms with E-state index in [0.29, 0.717) is 4.47 Å². The number of rotatable bonds is 3. The van der Waals surface area contributed by atoms with Gasteiger partial charge in [0, 0.05) is 18.7 Å². The fourth-order valence-corrected chi connectivity index (χ4v) is 4.47. The molecule has 0 amide bonds. The van der Waals surface area contributed by atoms with Crippen LogP contribution in [0, 0.1) is 10.5 Å². The number of anilines is 1. The Balaban J connectivity index is 2.40. The van der Waals surface area contributed by atoms with Crippen molar-refractivity contribution in [3.63, 3.8) is 0 Å². The maximum atomic E-state index is 12.4. The Morgan fingerprint density at radius 1 is 1.20 bits per heavy atom. The molecule has 1 heterocycles. The molecule has 8 heteroatoms. The van der Waals surface area contributed by atoms with Gasteiger partial charge in [0.2, 0.25) is 0 Å². The average Bonchev–Trinajstić information content (AvgIpc) is 2.36. The fourth-order valence-electron chi connectivity index (χ4n) is 1.46. The highest BCUT2D eigenvalue weighted by molar-refractivity contribution is 14.1. The summed E-state index contributed by atoms with van der Waals surface area (Å²) in [6, 6.07) is 6.72. The molecule has 0 bridgehead atoms. The van der Waals surface area contributed by atoms with Crippen LogP contribution in [0.25, 0.3) is 0 Å². The van der Waals surface area contributed by atoms with Crippen molar-refractivity contribution >= 4 is 70.3 Å². The molecule has 0 aliphatic carbocycles. The smallest absolute Gasteiger partial charge is 0.263 e. The lowest BCUT2D eigenvalue weighted by Crippen LogP contribution is -2.14. The zero-order chi connectivity index (χ0) is 14.9. The molecular formula is C12H9Br2IN2O2S. The number of aromatic nitrogens is 1. The summed E-state index contributed by atoms with van der Waals surface area (Å²) in [6.45, 7) is 1.89. The van der Waals surface area contributed by atoms with Crippen LogP contribution in [0.15, 0.2) is 44.3 Å². The summed E-state index contributed by atoms with van der Waals surface area (Å²) in [7, 11) is -3.69. The Hall–Kier alpha value is -0.190. The molecule has 0 aliphatic rings. The molecule has 4 nitrogen and oxygen atoms in total. The van der Waals surface area contributed by atoms with E-state index in [1.807, 2.05) is 6.92 Å². The number of hydrogen-bond acceptors (Lipinski definition) is 3. The summed E-state index contributed by atoms with van der Waals surface area (Å²) in [4.78, 5) is 4.20. The quantitative estimate of drug-likeness (QED) is 0.600. The van der Waals surface area contributed by atoms with Crippen molar-refractivity contribution in [1.82, 2.24) is 4.98 Å². The number of halogens is 3. The van der Waals surface area contributed by atoms with Gasteiger partial charge < -0.3 is 0 Å². The predicted molar refractivity (Wildman–Crippen MR) is 94.3 cm³/mol. The SMILES string of the molecule is Cc1cc(Br)c(S(=O)(=O)Nc2ccc(I)cn2)cc1Br. The molecule has 0 atom stereocenters. The van der Waals surface area contributed by atoms with Gasteiger partial charge in [-0.3, -0.25) is 4.72 Å². The van der Waals surface area contributed by atoms with Gasteiger partial charge in [-0.15, -0.1) is 0 Å². The van der Waals surface area contributed by atoms with Crippen LogP contribution in [0.2, 0.25) is 0 Å². The van der Waals surface area contributed by atoms with Gasteiger partial charge in [0.15, 0.2) is 0 Å². The Morgan fingerprint density at radius 3 is 2.50 bits per heavy atom. The number of nitrogens with one attached hydrogen (secondary N) is 1. The van der Waals surface area contributed by atoms with Gasteiger partial charge in [-0.1, -0.05) is 15.9 Å². The van der Waals surface area contributed by atoms with Crippen molar-refractivity contribution in [3.05, 3.63) is 48.5 Å². The zero-order valence-corrected chi connectivity index (χ0v) is 16.3. The van der Waals surface area contributed by atoms with Gasteiger partial charge >= 0.3 is 0 Å². The third kappa shape index (κ3) is 3.71. The van der Waals surface area contributed by atoms with Gasteiger partial charge in [-0.25, -0.2) is 13.4 Å². The van der Waals surface area contributed by atoms with Crippen LogP contribution in [0.5, 0.6) is 0 Å². The van der Waals surface area contributed by atoms with E-state index in [-0.39, 0.29) is 10.7 Å². The van der Waals surface area contributed by atoms with E-state index in [1.165, 1.54) is 0 Å². The summed E-state index contributed by atoms with van der Waals surface area (Å²) in [5.74, 6) is 0.286. The molecule has 0 saturated carbocycles. The molecule has 0 radical (unpaired) electrons. The molecule has 0 fully saturated rings. The molecule has 106 valence electrons. The van der Waals surface area contributed by atoms with Crippen LogP contribution in [0.4, 0.5) is 5.82 Å². The van der Waals surface area contributed by atoms with Crippen LogP contribution in [0.1, 0.15) is 5.56 Å². The summed E-state index contributed by atoms with van der Waals surface area (Å²) in [6.07, 6.45) is 1.60. The van der Waals surface area contributed by atoms with E-state index in [2.05, 4.69) is 64.2 Å². The average molecular weight is 532 g/mol. The zero-order valence-electron chi connectivity index (χ0n) is 10.2. The number of benzene rings is 1. The molecule has 2 aromatic rings. The highest BCUT2D eigenvalue weighted by atomic mass is 127. The molecule has 1 aromatic heterocycles. The standard InChI is InChI=1S/C12H9Br2IN2O2S/c1-7-4-10(14)11(5-9(7)13)20(18,19)17-12-3-2-8(15)6-16-12/h2-6H,1H3,(H,16,17). The second kappa shape index (κ2) is 6.29. The largest absolute Gasteiger partial charge is 0.264 e. The van der Waals surface area contributed by atoms with E-state index in [1.54, 1.807) is 30.5 Å².